The van der Waals surface area contributed by atoms with Crippen LogP contribution in [-0.2, 0) is 30.3 Å². The van der Waals surface area contributed by atoms with Crippen LogP contribution < -0.4 is 4.74 Å². The van der Waals surface area contributed by atoms with Gasteiger partial charge in [0.2, 0.25) is 0 Å². The number of nitrogens with zero attached hydrogens (tertiary/aromatic N) is 1. The molecule has 3 aliphatic rings. The number of ether oxygens (including phenoxy) is 3. The number of hydrogen-bond acceptors (Lipinski definition) is 7. The fourth-order valence-corrected chi connectivity index (χ4v) is 6.03. The van der Waals surface area contributed by atoms with Gasteiger partial charge in [-0.1, -0.05) is 38.7 Å². The lowest BCUT2D eigenvalue weighted by atomic mass is 9.55. The normalized spacial score (nSPS) is 22.3. The molecule has 4 atom stereocenters. The largest absolute Gasteiger partial charge is 0.493 e. The van der Waals surface area contributed by atoms with Crippen molar-refractivity contribution in [2.45, 2.75) is 63.7 Å². The fourth-order valence-electron chi connectivity index (χ4n) is 5.31. The van der Waals surface area contributed by atoms with Crippen molar-refractivity contribution in [3.8, 4) is 5.75 Å². The van der Waals surface area contributed by atoms with Gasteiger partial charge in [0.05, 0.1) is 37.6 Å². The summed E-state index contributed by atoms with van der Waals surface area (Å²) in [5.74, 6) is -3.06. The van der Waals surface area contributed by atoms with Gasteiger partial charge in [-0.05, 0) is 47.9 Å². The number of benzene rings is 1. The Kier molecular flexibility index (Phi) is 8.47. The topological polar surface area (TPSA) is 91.8 Å². The first-order valence-electron chi connectivity index (χ1n) is 13.2. The van der Waals surface area contributed by atoms with E-state index in [-0.39, 0.29) is 18.8 Å². The second kappa shape index (κ2) is 11.6. The van der Waals surface area contributed by atoms with Crippen LogP contribution >= 0.6 is 0 Å². The molecule has 0 amide bonds. The lowest BCUT2D eigenvalue weighted by Gasteiger charge is -2.46. The van der Waals surface area contributed by atoms with E-state index < -0.39 is 43.7 Å². The smallest absolute Gasteiger partial charge is 0.310 e. The first-order valence-corrected chi connectivity index (χ1v) is 16.9. The summed E-state index contributed by atoms with van der Waals surface area (Å²) in [6, 6.07) is 12.3. The molecule has 2 unspecified atom stereocenters. The third kappa shape index (κ3) is 6.29. The molecule has 0 saturated heterocycles. The predicted octanol–water partition coefficient (Wildman–Crippen LogP) is 4.92. The van der Waals surface area contributed by atoms with E-state index in [9.17, 15) is 14.4 Å². The van der Waals surface area contributed by atoms with Gasteiger partial charge in [0.25, 0.3) is 0 Å². The summed E-state index contributed by atoms with van der Waals surface area (Å²) in [6.45, 7) is 9.60. The molecular weight excluding hydrogens is 486 g/mol. The van der Waals surface area contributed by atoms with Crippen LogP contribution in [-0.4, -0.2) is 50.6 Å². The van der Waals surface area contributed by atoms with Crippen molar-refractivity contribution >= 4 is 25.8 Å². The van der Waals surface area contributed by atoms with E-state index >= 15 is 0 Å². The summed E-state index contributed by atoms with van der Waals surface area (Å²) in [5.41, 5.74) is 2.62. The third-order valence-corrected chi connectivity index (χ3v) is 8.89. The van der Waals surface area contributed by atoms with Crippen LogP contribution in [0.3, 0.4) is 0 Å². The number of Topliss-reactive ketones (excluding diaryl/α,β-unsaturated/α-hetero) is 1. The van der Waals surface area contributed by atoms with Gasteiger partial charge in [0, 0.05) is 38.7 Å². The zero-order chi connectivity index (χ0) is 26.6. The van der Waals surface area contributed by atoms with Crippen molar-refractivity contribution in [1.82, 2.24) is 4.98 Å². The molecule has 0 N–H and O–H groups in total. The van der Waals surface area contributed by atoms with E-state index in [1.54, 1.807) is 6.20 Å². The summed E-state index contributed by atoms with van der Waals surface area (Å²) in [4.78, 5) is 44.2. The molecule has 0 aliphatic heterocycles. The highest BCUT2D eigenvalue weighted by molar-refractivity contribution is 6.76. The molecule has 1 aromatic carbocycles. The minimum atomic E-state index is -1.40. The Bertz CT molecular complexity index is 1130. The molecule has 1 aromatic heterocycles. The lowest BCUT2D eigenvalue weighted by molar-refractivity contribution is -0.167. The number of fused-ring (bicyclic) bond motifs is 2. The number of ketones is 1. The predicted molar refractivity (Wildman–Crippen MR) is 142 cm³/mol. The second-order valence-electron chi connectivity index (χ2n) is 11.2. The zero-order valence-corrected chi connectivity index (χ0v) is 23.2. The van der Waals surface area contributed by atoms with Gasteiger partial charge in [-0.25, -0.2) is 0 Å². The summed E-state index contributed by atoms with van der Waals surface area (Å²) >= 11 is 0. The van der Waals surface area contributed by atoms with Gasteiger partial charge in [-0.15, -0.1) is 0 Å². The van der Waals surface area contributed by atoms with Crippen molar-refractivity contribution in [1.29, 1.82) is 0 Å². The highest BCUT2D eigenvalue weighted by Gasteiger charge is 2.57. The van der Waals surface area contributed by atoms with Crippen LogP contribution in [0.4, 0.5) is 0 Å². The SMILES string of the molecule is CCCOC(=O)[C@H]1C(C(=O)OCC[Si](C)(C)C)C2CC(=O)[C@H]1c1cc(OCCc3ccccn3)ccc12. The molecular formula is C29H37NO6Si. The van der Waals surface area contributed by atoms with Gasteiger partial charge in [-0.3, -0.25) is 19.4 Å². The Morgan fingerprint density at radius 2 is 1.73 bits per heavy atom. The average Bonchev–Trinajstić information content (AvgIpc) is 2.86. The fraction of sp³-hybridized carbons (Fsp3) is 0.517. The van der Waals surface area contributed by atoms with E-state index in [2.05, 4.69) is 24.6 Å². The maximum Gasteiger partial charge on any atom is 0.310 e. The Morgan fingerprint density at radius 1 is 0.973 bits per heavy atom. The third-order valence-electron chi connectivity index (χ3n) is 7.18. The summed E-state index contributed by atoms with van der Waals surface area (Å²) in [7, 11) is -1.40. The van der Waals surface area contributed by atoms with Crippen molar-refractivity contribution in [3.05, 3.63) is 59.4 Å². The summed E-state index contributed by atoms with van der Waals surface area (Å²) < 4.78 is 17.2. The number of esters is 2. The maximum absolute atomic E-state index is 13.4. The number of carbonyl (C=O) groups is 3. The highest BCUT2D eigenvalue weighted by Crippen LogP contribution is 2.55. The molecule has 8 heteroatoms. The Hall–Kier alpha value is -3.00. The van der Waals surface area contributed by atoms with E-state index in [0.717, 1.165) is 22.9 Å². The van der Waals surface area contributed by atoms with Crippen LogP contribution in [0.25, 0.3) is 0 Å². The van der Waals surface area contributed by atoms with E-state index in [1.165, 1.54) is 0 Å². The number of pyridine rings is 1. The van der Waals surface area contributed by atoms with Crippen LogP contribution in [0.15, 0.2) is 42.6 Å². The van der Waals surface area contributed by atoms with Crippen molar-refractivity contribution in [3.63, 3.8) is 0 Å². The molecule has 7 nitrogen and oxygen atoms in total. The van der Waals surface area contributed by atoms with Crippen molar-refractivity contribution in [2.24, 2.45) is 11.8 Å². The molecule has 5 rings (SSSR count). The lowest BCUT2D eigenvalue weighted by Crippen LogP contribution is -2.50. The van der Waals surface area contributed by atoms with Gasteiger partial charge in [0.1, 0.15) is 11.5 Å². The average molecular weight is 524 g/mol. The minimum Gasteiger partial charge on any atom is -0.493 e. The number of carbonyl (C=O) groups excluding carboxylic acids is 3. The van der Waals surface area contributed by atoms with Crippen LogP contribution in [0.2, 0.25) is 25.7 Å². The molecule has 198 valence electrons. The zero-order valence-electron chi connectivity index (χ0n) is 22.2. The maximum atomic E-state index is 13.4. The van der Waals surface area contributed by atoms with Crippen LogP contribution in [0.5, 0.6) is 5.75 Å². The first-order chi connectivity index (χ1) is 17.7. The van der Waals surface area contributed by atoms with E-state index in [0.29, 0.717) is 31.8 Å². The van der Waals surface area contributed by atoms with Gasteiger partial charge >= 0.3 is 11.9 Å². The molecule has 2 aromatic rings. The van der Waals surface area contributed by atoms with Gasteiger partial charge in [-0.2, -0.15) is 0 Å². The molecule has 37 heavy (non-hydrogen) atoms. The molecule has 1 fully saturated rings. The molecule has 0 spiro atoms. The van der Waals surface area contributed by atoms with Crippen LogP contribution in [0.1, 0.15) is 48.4 Å². The Balaban J connectivity index is 1.58. The minimum absolute atomic E-state index is 0.0345. The van der Waals surface area contributed by atoms with E-state index in [4.69, 9.17) is 14.2 Å². The molecule has 1 saturated carbocycles. The standard InChI is InChI=1S/C29H37NO6Si/c1-5-13-35-29(33)27-25-22-17-20(34-14-11-19-8-6-7-12-30-19)9-10-21(22)23(18-24(25)31)26(27)28(32)36-15-16-37(2,3)4/h6-10,12,17,23,25-27H,5,11,13-16,18H2,1-4H3/t23?,25-,26?,27-/m1/s1. The highest BCUT2D eigenvalue weighted by atomic mass is 28.3. The molecule has 1 heterocycles. The number of hydrogen-bond donors (Lipinski definition) is 0. The number of aromatic nitrogens is 1. The second-order valence-corrected chi connectivity index (χ2v) is 16.8. The van der Waals surface area contributed by atoms with E-state index in [1.807, 2.05) is 43.3 Å². The Labute approximate surface area is 219 Å². The first kappa shape index (κ1) is 27.0. The molecule has 2 bridgehead atoms. The summed E-state index contributed by atoms with van der Waals surface area (Å²) in [6.07, 6.45) is 3.29. The Morgan fingerprint density at radius 3 is 2.43 bits per heavy atom. The van der Waals surface area contributed by atoms with Crippen molar-refractivity contribution < 1.29 is 28.6 Å². The van der Waals surface area contributed by atoms with Crippen LogP contribution in [0, 0.1) is 11.8 Å². The van der Waals surface area contributed by atoms with Gasteiger partial charge in [0.15, 0.2) is 0 Å². The number of rotatable bonds is 11. The van der Waals surface area contributed by atoms with Gasteiger partial charge < -0.3 is 14.2 Å². The molecule has 3 aliphatic carbocycles. The monoisotopic (exact) mass is 523 g/mol. The quantitative estimate of drug-likeness (QED) is 0.305. The summed E-state index contributed by atoms with van der Waals surface area (Å²) in [5, 5.41) is 0. The van der Waals surface area contributed by atoms with Crippen molar-refractivity contribution in [2.75, 3.05) is 19.8 Å². The molecule has 0 radical (unpaired) electrons.